The van der Waals surface area contributed by atoms with E-state index in [0.29, 0.717) is 13.2 Å². The lowest BCUT2D eigenvalue weighted by molar-refractivity contribution is 0.199. The molecule has 0 aromatic heterocycles. The zero-order chi connectivity index (χ0) is 14.9. The lowest BCUT2D eigenvalue weighted by Gasteiger charge is -2.11. The minimum absolute atomic E-state index is 0.569. The van der Waals surface area contributed by atoms with Crippen LogP contribution in [0.1, 0.15) is 11.1 Å². The topological polar surface area (TPSA) is 30.5 Å². The van der Waals surface area contributed by atoms with Crippen LogP contribution >= 0.6 is 15.9 Å². The van der Waals surface area contributed by atoms with Crippen molar-refractivity contribution in [2.45, 2.75) is 13.2 Å². The Balaban J connectivity index is 1.92. The van der Waals surface area contributed by atoms with Crippen LogP contribution in [0.4, 0.5) is 0 Å². The lowest BCUT2D eigenvalue weighted by Crippen LogP contribution is -2.18. The van der Waals surface area contributed by atoms with Crippen LogP contribution in [-0.2, 0) is 17.9 Å². The Labute approximate surface area is 134 Å². The third-order valence-electron chi connectivity index (χ3n) is 3.04. The second-order valence-electron chi connectivity index (χ2n) is 4.71. The van der Waals surface area contributed by atoms with Gasteiger partial charge in [0.1, 0.15) is 12.4 Å². The van der Waals surface area contributed by atoms with Crippen molar-refractivity contribution in [2.24, 2.45) is 0 Å². The smallest absolute Gasteiger partial charge is 0.134 e. The fourth-order valence-corrected chi connectivity index (χ4v) is 2.27. The molecule has 3 nitrogen and oxygen atoms in total. The fourth-order valence-electron chi connectivity index (χ4n) is 1.91. The number of hydrogen-bond acceptors (Lipinski definition) is 3. The molecule has 0 atom stereocenters. The minimum atomic E-state index is 0.569. The van der Waals surface area contributed by atoms with E-state index in [4.69, 9.17) is 9.47 Å². The van der Waals surface area contributed by atoms with Gasteiger partial charge in [0.25, 0.3) is 0 Å². The van der Waals surface area contributed by atoms with Crippen LogP contribution < -0.4 is 10.1 Å². The Bertz CT molecular complexity index is 546. The van der Waals surface area contributed by atoms with Crippen LogP contribution in [0.3, 0.4) is 0 Å². The molecule has 0 unspecified atom stereocenters. The van der Waals surface area contributed by atoms with E-state index in [9.17, 15) is 0 Å². The van der Waals surface area contributed by atoms with Gasteiger partial charge in [-0.25, -0.2) is 0 Å². The summed E-state index contributed by atoms with van der Waals surface area (Å²) in [6.45, 7) is 2.93. The van der Waals surface area contributed by atoms with Crippen molar-refractivity contribution in [1.82, 2.24) is 5.32 Å². The summed E-state index contributed by atoms with van der Waals surface area (Å²) in [5, 5.41) is 3.33. The fraction of sp³-hybridized carbons (Fsp3) is 0.294. The van der Waals surface area contributed by atoms with Crippen molar-refractivity contribution in [2.75, 3.05) is 20.3 Å². The van der Waals surface area contributed by atoms with E-state index < -0.39 is 0 Å². The zero-order valence-electron chi connectivity index (χ0n) is 12.1. The van der Waals surface area contributed by atoms with Crippen molar-refractivity contribution in [3.63, 3.8) is 0 Å². The van der Waals surface area contributed by atoms with Gasteiger partial charge in [0, 0.05) is 20.2 Å². The van der Waals surface area contributed by atoms with Gasteiger partial charge in [0.05, 0.1) is 11.1 Å². The molecular formula is C17H20BrNO2. The second kappa shape index (κ2) is 8.82. The molecule has 2 rings (SSSR count). The first-order valence-corrected chi connectivity index (χ1v) is 7.73. The number of methoxy groups -OCH3 is 1. The molecule has 0 heterocycles. The van der Waals surface area contributed by atoms with Crippen LogP contribution in [0, 0.1) is 0 Å². The Morgan fingerprint density at radius 3 is 2.62 bits per heavy atom. The largest absolute Gasteiger partial charge is 0.488 e. The summed E-state index contributed by atoms with van der Waals surface area (Å²) in [5.41, 5.74) is 2.35. The summed E-state index contributed by atoms with van der Waals surface area (Å²) >= 11 is 3.53. The Kier molecular flexibility index (Phi) is 6.73. The average Bonchev–Trinajstić information content (AvgIpc) is 2.53. The second-order valence-corrected chi connectivity index (χ2v) is 5.56. The Morgan fingerprint density at radius 1 is 1.05 bits per heavy atom. The summed E-state index contributed by atoms with van der Waals surface area (Å²) in [6.07, 6.45) is 0. The van der Waals surface area contributed by atoms with Gasteiger partial charge >= 0.3 is 0 Å². The molecule has 0 fully saturated rings. The summed E-state index contributed by atoms with van der Waals surface area (Å²) < 4.78 is 11.9. The molecule has 0 saturated heterocycles. The molecule has 2 aromatic carbocycles. The maximum Gasteiger partial charge on any atom is 0.134 e. The molecule has 112 valence electrons. The van der Waals surface area contributed by atoms with Gasteiger partial charge in [-0.05, 0) is 39.2 Å². The predicted molar refractivity (Wildman–Crippen MR) is 88.5 cm³/mol. The van der Waals surface area contributed by atoms with Crippen molar-refractivity contribution in [1.29, 1.82) is 0 Å². The quantitative estimate of drug-likeness (QED) is 0.736. The van der Waals surface area contributed by atoms with Gasteiger partial charge in [-0.3, -0.25) is 0 Å². The highest BCUT2D eigenvalue weighted by atomic mass is 79.9. The maximum absolute atomic E-state index is 5.89. The van der Waals surface area contributed by atoms with E-state index >= 15 is 0 Å². The Hall–Kier alpha value is -1.36. The molecule has 0 saturated carbocycles. The predicted octanol–water partition coefficient (Wildman–Crippen LogP) is 3.76. The summed E-state index contributed by atoms with van der Waals surface area (Å²) in [5.74, 6) is 0.866. The summed E-state index contributed by atoms with van der Waals surface area (Å²) in [7, 11) is 1.71. The first kappa shape index (κ1) is 16.0. The first-order chi connectivity index (χ1) is 10.3. The number of rotatable bonds is 8. The molecule has 1 N–H and O–H groups in total. The molecule has 0 aliphatic carbocycles. The monoisotopic (exact) mass is 349 g/mol. The minimum Gasteiger partial charge on any atom is -0.488 e. The van der Waals surface area contributed by atoms with E-state index in [2.05, 4.69) is 45.5 Å². The van der Waals surface area contributed by atoms with E-state index in [-0.39, 0.29) is 0 Å². The first-order valence-electron chi connectivity index (χ1n) is 6.94. The molecule has 0 aliphatic heterocycles. The van der Waals surface area contributed by atoms with Gasteiger partial charge in [0.15, 0.2) is 0 Å². The summed E-state index contributed by atoms with van der Waals surface area (Å²) in [6, 6.07) is 16.3. The zero-order valence-corrected chi connectivity index (χ0v) is 13.7. The molecule has 0 amide bonds. The third kappa shape index (κ3) is 5.50. The van der Waals surface area contributed by atoms with E-state index in [1.54, 1.807) is 7.11 Å². The molecule has 4 heteroatoms. The molecule has 0 radical (unpaired) electrons. The highest BCUT2D eigenvalue weighted by Crippen LogP contribution is 2.26. The summed E-state index contributed by atoms with van der Waals surface area (Å²) in [4.78, 5) is 0. The van der Waals surface area contributed by atoms with Crippen LogP contribution in [-0.4, -0.2) is 20.3 Å². The van der Waals surface area contributed by atoms with E-state index in [0.717, 1.165) is 28.9 Å². The number of halogens is 1. The molecule has 0 spiro atoms. The standard InChI is InChI=1S/C17H20BrNO2/c1-20-10-9-19-12-15-7-8-16(18)17(11-15)21-13-14-5-3-2-4-6-14/h2-8,11,19H,9-10,12-13H2,1H3. The van der Waals surface area contributed by atoms with Crippen molar-refractivity contribution in [3.8, 4) is 5.75 Å². The van der Waals surface area contributed by atoms with Crippen LogP contribution in [0.2, 0.25) is 0 Å². The number of hydrogen-bond donors (Lipinski definition) is 1. The highest BCUT2D eigenvalue weighted by molar-refractivity contribution is 9.10. The van der Waals surface area contributed by atoms with E-state index in [1.165, 1.54) is 5.56 Å². The number of nitrogens with one attached hydrogen (secondary N) is 1. The van der Waals surface area contributed by atoms with Gasteiger partial charge in [-0.2, -0.15) is 0 Å². The Morgan fingerprint density at radius 2 is 1.86 bits per heavy atom. The molecule has 2 aromatic rings. The third-order valence-corrected chi connectivity index (χ3v) is 3.70. The van der Waals surface area contributed by atoms with Crippen LogP contribution in [0.5, 0.6) is 5.75 Å². The van der Waals surface area contributed by atoms with Crippen LogP contribution in [0.25, 0.3) is 0 Å². The average molecular weight is 350 g/mol. The van der Waals surface area contributed by atoms with Gasteiger partial charge in [-0.15, -0.1) is 0 Å². The van der Waals surface area contributed by atoms with Gasteiger partial charge in [0.2, 0.25) is 0 Å². The highest BCUT2D eigenvalue weighted by Gasteiger charge is 2.03. The molecule has 0 aliphatic rings. The van der Waals surface area contributed by atoms with Crippen LogP contribution in [0.15, 0.2) is 53.0 Å². The van der Waals surface area contributed by atoms with Gasteiger partial charge in [-0.1, -0.05) is 36.4 Å². The van der Waals surface area contributed by atoms with Crippen molar-refractivity contribution < 1.29 is 9.47 Å². The molecular weight excluding hydrogens is 330 g/mol. The normalized spacial score (nSPS) is 10.6. The van der Waals surface area contributed by atoms with Crippen molar-refractivity contribution >= 4 is 15.9 Å². The molecule has 21 heavy (non-hydrogen) atoms. The SMILES string of the molecule is COCCNCc1ccc(Br)c(OCc2ccccc2)c1. The lowest BCUT2D eigenvalue weighted by atomic mass is 10.2. The van der Waals surface area contributed by atoms with Gasteiger partial charge < -0.3 is 14.8 Å². The maximum atomic E-state index is 5.89. The number of ether oxygens (including phenoxy) is 2. The number of benzene rings is 2. The van der Waals surface area contributed by atoms with Crippen molar-refractivity contribution in [3.05, 3.63) is 64.1 Å². The molecule has 0 bridgehead atoms. The van der Waals surface area contributed by atoms with E-state index in [1.807, 2.05) is 24.3 Å².